The number of allylic oxidation sites excluding steroid dienone is 2. The molecule has 0 amide bonds. The van der Waals surface area contributed by atoms with E-state index in [1.54, 1.807) is 0 Å². The van der Waals surface area contributed by atoms with Crippen LogP contribution in [0, 0.1) is 0 Å². The van der Waals surface area contributed by atoms with Crippen molar-refractivity contribution in [3.63, 3.8) is 0 Å². The van der Waals surface area contributed by atoms with Gasteiger partial charge in [-0.2, -0.15) is 0 Å². The van der Waals surface area contributed by atoms with Crippen LogP contribution >= 0.6 is 15.9 Å². The van der Waals surface area contributed by atoms with Crippen LogP contribution in [0.1, 0.15) is 47.0 Å². The zero-order chi connectivity index (χ0) is 13.5. The SMILES string of the molecule is CC(=CCCBr)CCCO[Si](C)(C)C(C)(C)C. The Bertz CT molecular complexity index is 241. The number of halogens is 1. The largest absolute Gasteiger partial charge is 0.417 e. The molecule has 0 aliphatic carbocycles. The van der Waals surface area contributed by atoms with Gasteiger partial charge in [0.25, 0.3) is 0 Å². The van der Waals surface area contributed by atoms with Crippen LogP contribution in [0.3, 0.4) is 0 Å². The van der Waals surface area contributed by atoms with Crippen LogP contribution in [-0.2, 0) is 4.43 Å². The fourth-order valence-corrected chi connectivity index (χ4v) is 2.61. The van der Waals surface area contributed by atoms with E-state index < -0.39 is 8.32 Å². The van der Waals surface area contributed by atoms with E-state index in [1.807, 2.05) is 0 Å². The van der Waals surface area contributed by atoms with Crippen LogP contribution in [0.15, 0.2) is 11.6 Å². The highest BCUT2D eigenvalue weighted by atomic mass is 79.9. The maximum absolute atomic E-state index is 6.15. The van der Waals surface area contributed by atoms with Gasteiger partial charge in [-0.05, 0) is 44.3 Å². The minimum absolute atomic E-state index is 0.327. The Morgan fingerprint density at radius 1 is 1.29 bits per heavy atom. The lowest BCUT2D eigenvalue weighted by Crippen LogP contribution is -2.40. The lowest BCUT2D eigenvalue weighted by molar-refractivity contribution is 0.282. The van der Waals surface area contributed by atoms with Gasteiger partial charge in [0.1, 0.15) is 0 Å². The van der Waals surface area contributed by atoms with Gasteiger partial charge >= 0.3 is 0 Å². The van der Waals surface area contributed by atoms with E-state index in [1.165, 1.54) is 12.0 Å². The summed E-state index contributed by atoms with van der Waals surface area (Å²) in [6.45, 7) is 14.6. The van der Waals surface area contributed by atoms with E-state index in [-0.39, 0.29) is 0 Å². The quantitative estimate of drug-likeness (QED) is 0.260. The summed E-state index contributed by atoms with van der Waals surface area (Å²) in [7, 11) is -1.53. The van der Waals surface area contributed by atoms with Crippen LogP contribution in [0.4, 0.5) is 0 Å². The van der Waals surface area contributed by atoms with Gasteiger partial charge in [0, 0.05) is 11.9 Å². The van der Waals surface area contributed by atoms with Gasteiger partial charge in [0.05, 0.1) is 0 Å². The molecule has 0 spiro atoms. The monoisotopic (exact) mass is 320 g/mol. The molecular formula is C14H29BrOSi. The predicted octanol–water partition coefficient (Wildman–Crippen LogP) is 5.52. The van der Waals surface area contributed by atoms with Crippen LogP contribution in [0.25, 0.3) is 0 Å². The predicted molar refractivity (Wildman–Crippen MR) is 84.6 cm³/mol. The first-order valence-corrected chi connectivity index (χ1v) is 10.6. The standard InChI is InChI=1S/C14H29BrOSi/c1-13(9-7-11-15)10-8-12-16-17(5,6)14(2,3)4/h9H,7-8,10-12H2,1-6H3. The second-order valence-corrected chi connectivity index (χ2v) is 11.8. The maximum Gasteiger partial charge on any atom is 0.191 e. The van der Waals surface area contributed by atoms with Gasteiger partial charge in [-0.25, -0.2) is 0 Å². The van der Waals surface area contributed by atoms with Crippen molar-refractivity contribution in [2.24, 2.45) is 0 Å². The van der Waals surface area contributed by atoms with E-state index in [0.717, 1.165) is 24.8 Å². The summed E-state index contributed by atoms with van der Waals surface area (Å²) in [5.74, 6) is 0. The third-order valence-corrected chi connectivity index (χ3v) is 8.58. The first-order chi connectivity index (χ1) is 7.70. The molecule has 1 nitrogen and oxygen atoms in total. The van der Waals surface area contributed by atoms with Gasteiger partial charge in [-0.1, -0.05) is 48.4 Å². The molecule has 0 radical (unpaired) electrons. The lowest BCUT2D eigenvalue weighted by atomic mass is 10.1. The molecule has 0 aliphatic rings. The summed E-state index contributed by atoms with van der Waals surface area (Å²) in [6, 6.07) is 0. The number of alkyl halides is 1. The van der Waals surface area contributed by atoms with Gasteiger partial charge in [0.2, 0.25) is 0 Å². The van der Waals surface area contributed by atoms with Crippen molar-refractivity contribution in [3.8, 4) is 0 Å². The van der Waals surface area contributed by atoms with E-state index in [4.69, 9.17) is 4.43 Å². The van der Waals surface area contributed by atoms with Gasteiger partial charge in [-0.3, -0.25) is 0 Å². The minimum Gasteiger partial charge on any atom is -0.417 e. The topological polar surface area (TPSA) is 9.23 Å². The molecule has 0 aliphatic heterocycles. The summed E-state index contributed by atoms with van der Waals surface area (Å²) in [6.07, 6.45) is 5.77. The molecule has 0 N–H and O–H groups in total. The van der Waals surface area contributed by atoms with Crippen molar-refractivity contribution >= 4 is 24.2 Å². The highest BCUT2D eigenvalue weighted by Crippen LogP contribution is 2.36. The molecule has 0 heterocycles. The van der Waals surface area contributed by atoms with Crippen molar-refractivity contribution in [1.82, 2.24) is 0 Å². The normalized spacial score (nSPS) is 14.2. The average Bonchev–Trinajstić information content (AvgIpc) is 2.20. The molecule has 0 aromatic heterocycles. The average molecular weight is 321 g/mol. The van der Waals surface area contributed by atoms with Gasteiger partial charge in [-0.15, -0.1) is 0 Å². The third kappa shape index (κ3) is 7.42. The highest BCUT2D eigenvalue weighted by Gasteiger charge is 2.36. The summed E-state index contributed by atoms with van der Waals surface area (Å²) < 4.78 is 6.15. The smallest absolute Gasteiger partial charge is 0.191 e. The first-order valence-electron chi connectivity index (χ1n) is 6.56. The molecule has 102 valence electrons. The zero-order valence-corrected chi connectivity index (χ0v) is 15.0. The van der Waals surface area contributed by atoms with Gasteiger partial charge in [0.15, 0.2) is 8.32 Å². The van der Waals surface area contributed by atoms with Crippen LogP contribution in [0.5, 0.6) is 0 Å². The van der Waals surface area contributed by atoms with E-state index in [2.05, 4.69) is 62.8 Å². The molecule has 0 bridgehead atoms. The van der Waals surface area contributed by atoms with Crippen molar-refractivity contribution < 1.29 is 4.43 Å². The zero-order valence-electron chi connectivity index (χ0n) is 12.4. The molecule has 0 atom stereocenters. The highest BCUT2D eigenvalue weighted by molar-refractivity contribution is 9.09. The number of hydrogen-bond donors (Lipinski definition) is 0. The van der Waals surface area contributed by atoms with Crippen LogP contribution in [-0.4, -0.2) is 20.3 Å². The Kier molecular flexibility index (Phi) is 7.93. The molecule has 0 saturated heterocycles. The van der Waals surface area contributed by atoms with Crippen LogP contribution in [0.2, 0.25) is 18.1 Å². The van der Waals surface area contributed by atoms with Crippen LogP contribution < -0.4 is 0 Å². The van der Waals surface area contributed by atoms with Crippen molar-refractivity contribution in [2.45, 2.75) is 65.1 Å². The van der Waals surface area contributed by atoms with E-state index in [0.29, 0.717) is 5.04 Å². The minimum atomic E-state index is -1.53. The molecule has 0 unspecified atom stereocenters. The first kappa shape index (κ1) is 17.4. The number of rotatable bonds is 7. The number of hydrogen-bond acceptors (Lipinski definition) is 1. The molecule has 0 fully saturated rings. The lowest BCUT2D eigenvalue weighted by Gasteiger charge is -2.36. The molecule has 17 heavy (non-hydrogen) atoms. The molecule has 0 aromatic rings. The molecule has 3 heteroatoms. The second kappa shape index (κ2) is 7.75. The van der Waals surface area contributed by atoms with Gasteiger partial charge < -0.3 is 4.43 Å². The fourth-order valence-electron chi connectivity index (χ4n) is 1.30. The Hall–Kier alpha value is 0.397. The molecular weight excluding hydrogens is 292 g/mol. The summed E-state index contributed by atoms with van der Waals surface area (Å²) >= 11 is 3.44. The summed E-state index contributed by atoms with van der Waals surface area (Å²) in [4.78, 5) is 0. The van der Waals surface area contributed by atoms with E-state index >= 15 is 0 Å². The maximum atomic E-state index is 6.15. The molecule has 0 aromatic carbocycles. The fraction of sp³-hybridized carbons (Fsp3) is 0.857. The van der Waals surface area contributed by atoms with E-state index in [9.17, 15) is 0 Å². The third-order valence-electron chi connectivity index (χ3n) is 3.59. The van der Waals surface area contributed by atoms with Crippen molar-refractivity contribution in [1.29, 1.82) is 0 Å². The Balaban J connectivity index is 3.86. The summed E-state index contributed by atoms with van der Waals surface area (Å²) in [5, 5.41) is 1.39. The Labute approximate surface area is 117 Å². The summed E-state index contributed by atoms with van der Waals surface area (Å²) in [5.41, 5.74) is 1.49. The van der Waals surface area contributed by atoms with Crippen molar-refractivity contribution in [2.75, 3.05) is 11.9 Å². The second-order valence-electron chi connectivity index (χ2n) is 6.24. The Morgan fingerprint density at radius 3 is 2.35 bits per heavy atom. The molecule has 0 rings (SSSR count). The van der Waals surface area contributed by atoms with Crippen molar-refractivity contribution in [3.05, 3.63) is 11.6 Å². The molecule has 0 saturated carbocycles. The Morgan fingerprint density at radius 2 is 1.88 bits per heavy atom.